The molecule has 5 rings (SSSR count). The number of fused-ring (bicyclic) bond motifs is 1. The third-order valence-corrected chi connectivity index (χ3v) is 6.88. The number of nitrogens with zero attached hydrogens (tertiary/aromatic N) is 4. The minimum atomic E-state index is -0.464. The second-order valence-electron chi connectivity index (χ2n) is 8.20. The van der Waals surface area contributed by atoms with Crippen LogP contribution in [0.2, 0.25) is 0 Å². The molecular weight excluding hydrogens is 470 g/mol. The van der Waals surface area contributed by atoms with E-state index in [4.69, 9.17) is 9.47 Å². The second-order valence-corrected chi connectivity index (χ2v) is 9.28. The van der Waals surface area contributed by atoms with Gasteiger partial charge in [-0.25, -0.2) is 9.78 Å². The van der Waals surface area contributed by atoms with Crippen LogP contribution in [-0.4, -0.2) is 64.5 Å². The van der Waals surface area contributed by atoms with Crippen LogP contribution >= 0.6 is 11.3 Å². The number of ether oxygens (including phenoxy) is 2. The van der Waals surface area contributed by atoms with E-state index in [9.17, 15) is 14.4 Å². The van der Waals surface area contributed by atoms with Gasteiger partial charge in [-0.2, -0.15) is 0 Å². The molecule has 0 unspecified atom stereocenters. The molecule has 0 radical (unpaired) electrons. The third kappa shape index (κ3) is 4.54. The maximum atomic E-state index is 13.2. The summed E-state index contributed by atoms with van der Waals surface area (Å²) in [4.78, 5) is 50.2. The number of carbonyl (C=O) groups excluding carboxylic acids is 3. The van der Waals surface area contributed by atoms with Crippen molar-refractivity contribution >= 4 is 34.4 Å². The summed E-state index contributed by atoms with van der Waals surface area (Å²) in [5.41, 5.74) is 3.44. The van der Waals surface area contributed by atoms with Crippen molar-refractivity contribution in [1.82, 2.24) is 19.8 Å². The molecule has 1 aromatic carbocycles. The van der Waals surface area contributed by atoms with Crippen molar-refractivity contribution in [1.29, 1.82) is 0 Å². The van der Waals surface area contributed by atoms with E-state index in [0.717, 1.165) is 21.8 Å². The molecule has 2 aromatic heterocycles. The van der Waals surface area contributed by atoms with Crippen molar-refractivity contribution in [2.24, 2.45) is 0 Å². The molecular formula is C24H23N5O5S. The Morgan fingerprint density at radius 1 is 1.23 bits per heavy atom. The molecule has 10 nitrogen and oxygen atoms in total. The van der Waals surface area contributed by atoms with Crippen molar-refractivity contribution in [3.63, 3.8) is 0 Å². The Morgan fingerprint density at radius 2 is 2.06 bits per heavy atom. The average molecular weight is 494 g/mol. The number of aromatic nitrogens is 2. The van der Waals surface area contributed by atoms with E-state index in [1.54, 1.807) is 18.2 Å². The number of methoxy groups -OCH3 is 1. The molecule has 2 aliphatic heterocycles. The van der Waals surface area contributed by atoms with Gasteiger partial charge in [0, 0.05) is 23.0 Å². The quantitative estimate of drug-likeness (QED) is 0.561. The Morgan fingerprint density at radius 3 is 2.80 bits per heavy atom. The summed E-state index contributed by atoms with van der Waals surface area (Å²) in [5, 5.41) is 3.34. The van der Waals surface area contributed by atoms with Crippen LogP contribution in [0.15, 0.2) is 36.5 Å². The van der Waals surface area contributed by atoms with Gasteiger partial charge in [-0.05, 0) is 19.1 Å². The lowest BCUT2D eigenvalue weighted by atomic mass is 9.99. The summed E-state index contributed by atoms with van der Waals surface area (Å²) in [7, 11) is 1.59. The van der Waals surface area contributed by atoms with E-state index in [2.05, 4.69) is 15.3 Å². The molecule has 1 saturated heterocycles. The van der Waals surface area contributed by atoms with E-state index >= 15 is 0 Å². The summed E-state index contributed by atoms with van der Waals surface area (Å²) in [5.74, 6) is 0.172. The smallest absolute Gasteiger partial charge is 0.410 e. The molecule has 180 valence electrons. The molecule has 0 aliphatic carbocycles. The van der Waals surface area contributed by atoms with Crippen LogP contribution < -0.4 is 10.1 Å². The van der Waals surface area contributed by atoms with Crippen molar-refractivity contribution in [3.05, 3.63) is 58.4 Å². The highest BCUT2D eigenvalue weighted by atomic mass is 32.1. The number of aryl methyl sites for hydroxylation is 1. The summed E-state index contributed by atoms with van der Waals surface area (Å²) < 4.78 is 10.4. The Bertz CT molecular complexity index is 1300. The molecule has 3 aromatic rings. The Labute approximate surface area is 205 Å². The van der Waals surface area contributed by atoms with Gasteiger partial charge in [0.15, 0.2) is 5.13 Å². The largest absolute Gasteiger partial charge is 0.496 e. The van der Waals surface area contributed by atoms with Crippen LogP contribution in [0.4, 0.5) is 9.93 Å². The lowest BCUT2D eigenvalue weighted by Crippen LogP contribution is -2.38. The Kier molecular flexibility index (Phi) is 6.08. The Balaban J connectivity index is 1.30. The molecule has 11 heteroatoms. The molecule has 0 spiro atoms. The van der Waals surface area contributed by atoms with Crippen LogP contribution in [0, 0.1) is 6.92 Å². The maximum absolute atomic E-state index is 13.2. The van der Waals surface area contributed by atoms with Crippen molar-refractivity contribution in [2.75, 3.05) is 32.1 Å². The molecule has 35 heavy (non-hydrogen) atoms. The first kappa shape index (κ1) is 22.8. The number of carbonyl (C=O) groups is 3. The monoisotopic (exact) mass is 493 g/mol. The molecule has 1 N–H and O–H groups in total. The minimum Gasteiger partial charge on any atom is -0.496 e. The number of nitrogens with one attached hydrogen (secondary N) is 1. The highest BCUT2D eigenvalue weighted by molar-refractivity contribution is 7.16. The van der Waals surface area contributed by atoms with E-state index in [1.165, 1.54) is 16.2 Å². The van der Waals surface area contributed by atoms with Gasteiger partial charge in [0.05, 0.1) is 42.9 Å². The summed E-state index contributed by atoms with van der Waals surface area (Å²) in [6.45, 7) is 3.30. The Hall–Kier alpha value is -3.99. The number of rotatable bonds is 6. The van der Waals surface area contributed by atoms with Crippen molar-refractivity contribution < 1.29 is 23.9 Å². The highest BCUT2D eigenvalue weighted by Gasteiger charge is 2.31. The third-order valence-electron chi connectivity index (χ3n) is 5.88. The van der Waals surface area contributed by atoms with Gasteiger partial charge in [-0.1, -0.05) is 29.5 Å². The standard InChI is InChI=1S/C24H23N5O5S/c1-14-9-16(15-5-3-4-6-19(15)33-2)17(10-25-14)22(31)27-23-26-18-11-29(12-20(18)35-23)21(30)13-28-7-8-34-24(28)32/h3-6,9-10H,7-8,11-13H2,1-2H3,(H,26,27,31). The number of hydrogen-bond donors (Lipinski definition) is 1. The fourth-order valence-electron chi connectivity index (χ4n) is 4.10. The zero-order valence-electron chi connectivity index (χ0n) is 19.2. The van der Waals surface area contributed by atoms with Gasteiger partial charge in [-0.3, -0.25) is 24.8 Å². The van der Waals surface area contributed by atoms with Crippen molar-refractivity contribution in [3.8, 4) is 16.9 Å². The van der Waals surface area contributed by atoms with Gasteiger partial charge < -0.3 is 14.4 Å². The lowest BCUT2D eigenvalue weighted by molar-refractivity contribution is -0.132. The molecule has 0 atom stereocenters. The van der Waals surface area contributed by atoms with Crippen LogP contribution in [0.5, 0.6) is 5.75 Å². The topological polar surface area (TPSA) is 114 Å². The first-order valence-electron chi connectivity index (χ1n) is 11.0. The zero-order chi connectivity index (χ0) is 24.5. The number of para-hydroxylation sites is 1. The molecule has 0 saturated carbocycles. The number of benzene rings is 1. The average Bonchev–Trinajstić information content (AvgIpc) is 3.54. The normalized spacial score (nSPS) is 14.6. The van der Waals surface area contributed by atoms with Crippen LogP contribution in [0.1, 0.15) is 26.6 Å². The zero-order valence-corrected chi connectivity index (χ0v) is 20.1. The lowest BCUT2D eigenvalue weighted by Gasteiger charge is -2.19. The molecule has 4 heterocycles. The van der Waals surface area contributed by atoms with E-state index in [1.807, 2.05) is 37.3 Å². The number of anilines is 1. The maximum Gasteiger partial charge on any atom is 0.410 e. The second kappa shape index (κ2) is 9.34. The first-order chi connectivity index (χ1) is 16.9. The van der Waals surface area contributed by atoms with E-state index in [0.29, 0.717) is 48.2 Å². The molecule has 0 bridgehead atoms. The molecule has 1 fully saturated rings. The number of thiazole rings is 1. The van der Waals surface area contributed by atoms with Gasteiger partial charge >= 0.3 is 6.09 Å². The molecule has 2 aliphatic rings. The number of cyclic esters (lactones) is 1. The highest BCUT2D eigenvalue weighted by Crippen LogP contribution is 2.34. The predicted octanol–water partition coefficient (Wildman–Crippen LogP) is 3.07. The van der Waals surface area contributed by atoms with Gasteiger partial charge in [-0.15, -0.1) is 0 Å². The van der Waals surface area contributed by atoms with E-state index < -0.39 is 6.09 Å². The van der Waals surface area contributed by atoms with Gasteiger partial charge in [0.25, 0.3) is 5.91 Å². The van der Waals surface area contributed by atoms with Gasteiger partial charge in [0.1, 0.15) is 18.9 Å². The number of hydrogen-bond acceptors (Lipinski definition) is 8. The predicted molar refractivity (Wildman–Crippen MR) is 128 cm³/mol. The SMILES string of the molecule is COc1ccccc1-c1cc(C)ncc1C(=O)Nc1nc2c(s1)CN(C(=O)CN1CCOC1=O)C2. The minimum absolute atomic E-state index is 0.0104. The van der Waals surface area contributed by atoms with Crippen LogP contribution in [-0.2, 0) is 22.6 Å². The number of amides is 3. The van der Waals surface area contributed by atoms with Crippen LogP contribution in [0.25, 0.3) is 11.1 Å². The summed E-state index contributed by atoms with van der Waals surface area (Å²) >= 11 is 1.33. The van der Waals surface area contributed by atoms with Gasteiger partial charge in [0.2, 0.25) is 5.91 Å². The fraction of sp³-hybridized carbons (Fsp3) is 0.292. The first-order valence-corrected chi connectivity index (χ1v) is 11.8. The molecule has 3 amide bonds. The van der Waals surface area contributed by atoms with E-state index in [-0.39, 0.29) is 18.4 Å². The number of pyridine rings is 1. The van der Waals surface area contributed by atoms with Crippen LogP contribution in [0.3, 0.4) is 0 Å². The van der Waals surface area contributed by atoms with Crippen molar-refractivity contribution in [2.45, 2.75) is 20.0 Å². The fourth-order valence-corrected chi connectivity index (χ4v) is 5.08. The summed E-state index contributed by atoms with van der Waals surface area (Å²) in [6, 6.07) is 9.36. The summed E-state index contributed by atoms with van der Waals surface area (Å²) in [6.07, 6.45) is 1.09.